The fourth-order valence-electron chi connectivity index (χ4n) is 2.47. The van der Waals surface area contributed by atoms with Gasteiger partial charge in [0, 0.05) is 24.0 Å². The van der Waals surface area contributed by atoms with Crippen LogP contribution in [0.15, 0.2) is 17.5 Å². The second-order valence-electron chi connectivity index (χ2n) is 5.31. The van der Waals surface area contributed by atoms with Crippen molar-refractivity contribution in [3.8, 4) is 0 Å². The number of nitrogens with zero attached hydrogens (tertiary/aromatic N) is 1. The topological polar surface area (TPSA) is 15.3 Å². The van der Waals surface area contributed by atoms with Crippen LogP contribution in [0.2, 0.25) is 0 Å². The van der Waals surface area contributed by atoms with Gasteiger partial charge in [-0.25, -0.2) is 0 Å². The number of thiophene rings is 1. The van der Waals surface area contributed by atoms with Crippen LogP contribution >= 0.6 is 11.3 Å². The smallest absolute Gasteiger partial charge is 0.0330 e. The van der Waals surface area contributed by atoms with E-state index in [4.69, 9.17) is 0 Å². The lowest BCUT2D eigenvalue weighted by Gasteiger charge is -2.32. The summed E-state index contributed by atoms with van der Waals surface area (Å²) < 4.78 is 0. The Morgan fingerprint density at radius 1 is 1.53 bits per heavy atom. The minimum absolute atomic E-state index is 0.638. The van der Waals surface area contributed by atoms with Gasteiger partial charge in [0.15, 0.2) is 0 Å². The number of hydrogen-bond acceptors (Lipinski definition) is 3. The van der Waals surface area contributed by atoms with Crippen molar-refractivity contribution in [3.05, 3.63) is 22.4 Å². The van der Waals surface area contributed by atoms with E-state index in [0.717, 1.165) is 12.5 Å². The molecule has 0 aliphatic carbocycles. The molecule has 96 valence electrons. The van der Waals surface area contributed by atoms with Gasteiger partial charge in [0.1, 0.15) is 0 Å². The third-order valence-corrected chi connectivity index (χ3v) is 4.42. The molecule has 0 radical (unpaired) electrons. The molecule has 1 aliphatic rings. The molecule has 2 nitrogen and oxygen atoms in total. The van der Waals surface area contributed by atoms with Crippen molar-refractivity contribution in [1.29, 1.82) is 0 Å². The van der Waals surface area contributed by atoms with Gasteiger partial charge in [-0.1, -0.05) is 6.07 Å². The Morgan fingerprint density at radius 2 is 2.41 bits per heavy atom. The van der Waals surface area contributed by atoms with Crippen molar-refractivity contribution >= 4 is 11.3 Å². The van der Waals surface area contributed by atoms with E-state index in [2.05, 4.69) is 41.6 Å². The van der Waals surface area contributed by atoms with E-state index >= 15 is 0 Å². The van der Waals surface area contributed by atoms with Gasteiger partial charge >= 0.3 is 0 Å². The largest absolute Gasteiger partial charge is 0.316 e. The Morgan fingerprint density at radius 3 is 3.00 bits per heavy atom. The van der Waals surface area contributed by atoms with Crippen LogP contribution in [-0.4, -0.2) is 30.6 Å². The summed E-state index contributed by atoms with van der Waals surface area (Å²) >= 11 is 1.87. The molecule has 0 amide bonds. The average Bonchev–Trinajstić information content (AvgIpc) is 2.82. The van der Waals surface area contributed by atoms with E-state index in [1.165, 1.54) is 37.4 Å². The van der Waals surface area contributed by atoms with Gasteiger partial charge in [-0.15, -0.1) is 11.3 Å². The van der Waals surface area contributed by atoms with Gasteiger partial charge in [-0.05, 0) is 57.1 Å². The van der Waals surface area contributed by atoms with Crippen molar-refractivity contribution < 1.29 is 0 Å². The third kappa shape index (κ3) is 4.09. The molecular weight excluding hydrogens is 228 g/mol. The molecule has 1 atom stereocenters. The first-order valence-corrected chi connectivity index (χ1v) is 7.61. The van der Waals surface area contributed by atoms with Gasteiger partial charge in [0.2, 0.25) is 0 Å². The summed E-state index contributed by atoms with van der Waals surface area (Å²) in [5.74, 6) is 0.839. The van der Waals surface area contributed by atoms with Crippen molar-refractivity contribution in [2.75, 3.05) is 19.6 Å². The highest BCUT2D eigenvalue weighted by Gasteiger charge is 2.19. The first-order valence-electron chi connectivity index (χ1n) is 6.73. The zero-order chi connectivity index (χ0) is 12.1. The van der Waals surface area contributed by atoms with Gasteiger partial charge < -0.3 is 5.32 Å². The van der Waals surface area contributed by atoms with Crippen LogP contribution in [0.4, 0.5) is 0 Å². The van der Waals surface area contributed by atoms with Crippen molar-refractivity contribution in [1.82, 2.24) is 10.2 Å². The lowest BCUT2D eigenvalue weighted by Crippen LogP contribution is -2.40. The summed E-state index contributed by atoms with van der Waals surface area (Å²) in [7, 11) is 0. The Balaban J connectivity index is 1.87. The van der Waals surface area contributed by atoms with Gasteiger partial charge in [-0.2, -0.15) is 0 Å². The molecule has 3 heteroatoms. The zero-order valence-corrected chi connectivity index (χ0v) is 11.8. The lowest BCUT2D eigenvalue weighted by molar-refractivity contribution is 0.165. The van der Waals surface area contributed by atoms with Crippen LogP contribution in [0.5, 0.6) is 0 Å². The Labute approximate surface area is 109 Å². The fourth-order valence-corrected chi connectivity index (χ4v) is 3.20. The number of nitrogens with one attached hydrogen (secondary N) is 1. The summed E-state index contributed by atoms with van der Waals surface area (Å²) in [6.07, 6.45) is 2.73. The minimum Gasteiger partial charge on any atom is -0.316 e. The molecule has 2 heterocycles. The van der Waals surface area contributed by atoms with Crippen molar-refractivity contribution in [3.63, 3.8) is 0 Å². The number of piperidine rings is 1. The summed E-state index contributed by atoms with van der Waals surface area (Å²) in [6, 6.07) is 5.04. The molecule has 0 spiro atoms. The highest BCUT2D eigenvalue weighted by atomic mass is 32.1. The highest BCUT2D eigenvalue weighted by molar-refractivity contribution is 7.09. The molecule has 1 N–H and O–H groups in total. The first kappa shape index (κ1) is 13.1. The predicted octanol–water partition coefficient (Wildman–Crippen LogP) is 2.96. The van der Waals surface area contributed by atoms with E-state index in [1.54, 1.807) is 0 Å². The first-order chi connectivity index (χ1) is 8.25. The quantitative estimate of drug-likeness (QED) is 0.867. The van der Waals surface area contributed by atoms with Crippen LogP contribution in [0.25, 0.3) is 0 Å². The molecule has 1 unspecified atom stereocenters. The van der Waals surface area contributed by atoms with E-state index in [-0.39, 0.29) is 0 Å². The van der Waals surface area contributed by atoms with E-state index in [1.807, 2.05) is 11.3 Å². The Bertz CT molecular complexity index is 302. The predicted molar refractivity (Wildman–Crippen MR) is 75.5 cm³/mol. The minimum atomic E-state index is 0.638. The highest BCUT2D eigenvalue weighted by Crippen LogP contribution is 2.18. The van der Waals surface area contributed by atoms with Crippen LogP contribution in [-0.2, 0) is 6.54 Å². The van der Waals surface area contributed by atoms with E-state index in [0.29, 0.717) is 6.04 Å². The SMILES string of the molecule is CC(C)N(Cc1cccs1)CC1CCCNC1. The third-order valence-electron chi connectivity index (χ3n) is 3.56. The summed E-state index contributed by atoms with van der Waals surface area (Å²) in [6.45, 7) is 9.39. The normalized spacial score (nSPS) is 21.3. The second-order valence-corrected chi connectivity index (χ2v) is 6.35. The molecule has 1 aliphatic heterocycles. The summed E-state index contributed by atoms with van der Waals surface area (Å²) in [4.78, 5) is 4.10. The van der Waals surface area contributed by atoms with E-state index in [9.17, 15) is 0 Å². The average molecular weight is 252 g/mol. The maximum Gasteiger partial charge on any atom is 0.0330 e. The number of hydrogen-bond donors (Lipinski definition) is 1. The Kier molecular flexibility index (Phi) is 5.01. The van der Waals surface area contributed by atoms with Crippen LogP contribution < -0.4 is 5.32 Å². The maximum absolute atomic E-state index is 3.51. The molecule has 17 heavy (non-hydrogen) atoms. The van der Waals surface area contributed by atoms with Gasteiger partial charge in [0.25, 0.3) is 0 Å². The summed E-state index contributed by atoms with van der Waals surface area (Å²) in [5.41, 5.74) is 0. The van der Waals surface area contributed by atoms with Crippen LogP contribution in [0, 0.1) is 5.92 Å². The van der Waals surface area contributed by atoms with Crippen LogP contribution in [0.3, 0.4) is 0 Å². The van der Waals surface area contributed by atoms with Gasteiger partial charge in [0.05, 0.1) is 0 Å². The molecule has 0 bridgehead atoms. The number of rotatable bonds is 5. The molecule has 0 saturated carbocycles. The van der Waals surface area contributed by atoms with Crippen molar-refractivity contribution in [2.45, 2.75) is 39.3 Å². The molecule has 1 aromatic rings. The second kappa shape index (κ2) is 6.53. The van der Waals surface area contributed by atoms with E-state index < -0.39 is 0 Å². The zero-order valence-electron chi connectivity index (χ0n) is 11.0. The maximum atomic E-state index is 3.51. The van der Waals surface area contributed by atoms with Gasteiger partial charge in [-0.3, -0.25) is 4.90 Å². The molecule has 2 rings (SSSR count). The molecular formula is C14H24N2S. The lowest BCUT2D eigenvalue weighted by atomic mass is 9.98. The molecule has 1 aromatic heterocycles. The monoisotopic (exact) mass is 252 g/mol. The summed E-state index contributed by atoms with van der Waals surface area (Å²) in [5, 5.41) is 5.69. The Hall–Kier alpha value is -0.380. The molecule has 1 fully saturated rings. The molecule has 0 aromatic carbocycles. The standard InChI is InChI=1S/C14H24N2S/c1-12(2)16(11-14-6-4-8-17-14)10-13-5-3-7-15-9-13/h4,6,8,12-13,15H,3,5,7,9-11H2,1-2H3. The van der Waals surface area contributed by atoms with Crippen LogP contribution in [0.1, 0.15) is 31.6 Å². The fraction of sp³-hybridized carbons (Fsp3) is 0.714. The van der Waals surface area contributed by atoms with Crippen molar-refractivity contribution in [2.24, 2.45) is 5.92 Å². The molecule has 1 saturated heterocycles.